The van der Waals surface area contributed by atoms with Crippen molar-refractivity contribution in [2.45, 2.75) is 19.4 Å². The van der Waals surface area contributed by atoms with Crippen molar-refractivity contribution in [1.82, 2.24) is 0 Å². The molecule has 1 amide bonds. The molecule has 7 nitrogen and oxygen atoms in total. The van der Waals surface area contributed by atoms with E-state index >= 15 is 0 Å². The van der Waals surface area contributed by atoms with E-state index in [-0.39, 0.29) is 12.1 Å². The molecule has 0 spiro atoms. The number of nitrogens with one attached hydrogen (secondary N) is 1. The minimum Gasteiger partial charge on any atom is -0.493 e. The van der Waals surface area contributed by atoms with Crippen LogP contribution in [0.15, 0.2) is 42.5 Å². The molecular weight excluding hydrogens is 387 g/mol. The lowest BCUT2D eigenvalue weighted by Crippen LogP contribution is -2.47. The van der Waals surface area contributed by atoms with Gasteiger partial charge in [-0.2, -0.15) is 0 Å². The number of carbonyl (C=O) groups is 1. The molecule has 28 heavy (non-hydrogen) atoms. The maximum absolute atomic E-state index is 13.2. The minimum atomic E-state index is -3.80. The smallest absolute Gasteiger partial charge is 0.248 e. The van der Waals surface area contributed by atoms with Gasteiger partial charge in [0.15, 0.2) is 11.5 Å². The normalized spacial score (nSPS) is 12.2. The van der Waals surface area contributed by atoms with E-state index in [1.165, 1.54) is 26.4 Å². The molecule has 0 heterocycles. The molecule has 0 aliphatic rings. The SMILES string of the molecule is CC[C@@H](C(=O)Nc1ccc(OC)c(OC)c1)N(c1ccc(F)cc1)S(C)(=O)=O. The number of methoxy groups -OCH3 is 2. The third-order valence-electron chi connectivity index (χ3n) is 4.06. The van der Waals surface area contributed by atoms with E-state index in [0.29, 0.717) is 17.2 Å². The predicted molar refractivity (Wildman–Crippen MR) is 106 cm³/mol. The summed E-state index contributed by atoms with van der Waals surface area (Å²) in [6.07, 6.45) is 1.21. The number of nitrogens with zero attached hydrogens (tertiary/aromatic N) is 1. The summed E-state index contributed by atoms with van der Waals surface area (Å²) >= 11 is 0. The Bertz CT molecular complexity index is 932. The Balaban J connectivity index is 2.35. The molecule has 1 N–H and O–H groups in total. The van der Waals surface area contributed by atoms with Crippen LogP contribution in [0, 0.1) is 5.82 Å². The fourth-order valence-corrected chi connectivity index (χ4v) is 4.00. The number of sulfonamides is 1. The second-order valence-electron chi connectivity index (χ2n) is 6.02. The molecule has 1 atom stereocenters. The van der Waals surface area contributed by atoms with E-state index in [1.54, 1.807) is 25.1 Å². The molecule has 0 saturated carbocycles. The first-order chi connectivity index (χ1) is 13.2. The first-order valence-electron chi connectivity index (χ1n) is 8.49. The van der Waals surface area contributed by atoms with Crippen LogP contribution in [-0.4, -0.2) is 40.8 Å². The zero-order valence-electron chi connectivity index (χ0n) is 16.1. The number of hydrogen-bond acceptors (Lipinski definition) is 5. The van der Waals surface area contributed by atoms with Crippen LogP contribution < -0.4 is 19.1 Å². The van der Waals surface area contributed by atoms with Gasteiger partial charge in [-0.25, -0.2) is 12.8 Å². The molecular formula is C19H23FN2O5S. The van der Waals surface area contributed by atoms with E-state index in [0.717, 1.165) is 22.7 Å². The van der Waals surface area contributed by atoms with Gasteiger partial charge in [-0.05, 0) is 42.8 Å². The van der Waals surface area contributed by atoms with E-state index < -0.39 is 27.8 Å². The zero-order chi connectivity index (χ0) is 20.9. The number of anilines is 2. The van der Waals surface area contributed by atoms with Gasteiger partial charge in [0.1, 0.15) is 11.9 Å². The molecule has 2 aromatic rings. The number of halogens is 1. The minimum absolute atomic E-state index is 0.207. The largest absolute Gasteiger partial charge is 0.493 e. The summed E-state index contributed by atoms with van der Waals surface area (Å²) in [5.41, 5.74) is 0.631. The maximum atomic E-state index is 13.2. The fraction of sp³-hybridized carbons (Fsp3) is 0.316. The summed E-state index contributed by atoms with van der Waals surface area (Å²) in [5, 5.41) is 2.70. The van der Waals surface area contributed by atoms with Gasteiger partial charge in [0.25, 0.3) is 0 Å². The van der Waals surface area contributed by atoms with Crippen molar-refractivity contribution in [3.63, 3.8) is 0 Å². The maximum Gasteiger partial charge on any atom is 0.248 e. The quantitative estimate of drug-likeness (QED) is 0.723. The van der Waals surface area contributed by atoms with Crippen LogP contribution in [0.5, 0.6) is 11.5 Å². The first kappa shape index (κ1) is 21.5. The fourth-order valence-electron chi connectivity index (χ4n) is 2.79. The van der Waals surface area contributed by atoms with Gasteiger partial charge in [0.05, 0.1) is 26.2 Å². The topological polar surface area (TPSA) is 84.9 Å². The molecule has 152 valence electrons. The highest BCUT2D eigenvalue weighted by molar-refractivity contribution is 7.92. The van der Waals surface area contributed by atoms with Crippen molar-refractivity contribution in [2.24, 2.45) is 0 Å². The van der Waals surface area contributed by atoms with E-state index in [9.17, 15) is 17.6 Å². The molecule has 0 aromatic heterocycles. The van der Waals surface area contributed by atoms with Gasteiger partial charge in [-0.15, -0.1) is 0 Å². The summed E-state index contributed by atoms with van der Waals surface area (Å²) < 4.78 is 49.3. The van der Waals surface area contributed by atoms with Crippen LogP contribution in [0.25, 0.3) is 0 Å². The number of ether oxygens (including phenoxy) is 2. The third kappa shape index (κ3) is 4.92. The van der Waals surface area contributed by atoms with Gasteiger partial charge in [0.2, 0.25) is 15.9 Å². The van der Waals surface area contributed by atoms with Crippen LogP contribution in [0.2, 0.25) is 0 Å². The van der Waals surface area contributed by atoms with Crippen LogP contribution in [0.4, 0.5) is 15.8 Å². The highest BCUT2D eigenvalue weighted by atomic mass is 32.2. The zero-order valence-corrected chi connectivity index (χ0v) is 16.9. The van der Waals surface area contributed by atoms with Gasteiger partial charge in [-0.3, -0.25) is 9.10 Å². The summed E-state index contributed by atoms with van der Waals surface area (Å²) in [6.45, 7) is 1.69. The highest BCUT2D eigenvalue weighted by Crippen LogP contribution is 2.30. The standard InChI is InChI=1S/C19H23FN2O5S/c1-5-16(22(28(4,24)25)15-9-6-13(20)7-10-15)19(23)21-14-8-11-17(26-2)18(12-14)27-3/h6-12,16H,5H2,1-4H3,(H,21,23)/t16-/m0/s1. The Kier molecular flexibility index (Phi) is 6.85. The Morgan fingerprint density at radius 3 is 2.21 bits per heavy atom. The average Bonchev–Trinajstić information content (AvgIpc) is 2.65. The predicted octanol–water partition coefficient (Wildman–Crippen LogP) is 3.03. The van der Waals surface area contributed by atoms with Crippen LogP contribution in [-0.2, 0) is 14.8 Å². The molecule has 0 aliphatic heterocycles. The van der Waals surface area contributed by atoms with Crippen molar-refractivity contribution in [1.29, 1.82) is 0 Å². The van der Waals surface area contributed by atoms with Crippen LogP contribution in [0.3, 0.4) is 0 Å². The monoisotopic (exact) mass is 410 g/mol. The van der Waals surface area contributed by atoms with Crippen molar-refractivity contribution in [3.8, 4) is 11.5 Å². The summed E-state index contributed by atoms with van der Waals surface area (Å²) in [6, 6.07) is 8.74. The number of carbonyl (C=O) groups excluding carboxylic acids is 1. The Labute approximate surface area is 164 Å². The van der Waals surface area contributed by atoms with Crippen molar-refractivity contribution >= 4 is 27.3 Å². The second-order valence-corrected chi connectivity index (χ2v) is 7.88. The second kappa shape index (κ2) is 8.92. The Morgan fingerprint density at radius 1 is 1.11 bits per heavy atom. The highest BCUT2D eigenvalue weighted by Gasteiger charge is 2.31. The number of benzene rings is 2. The first-order valence-corrected chi connectivity index (χ1v) is 10.3. The Hall–Kier alpha value is -2.81. The van der Waals surface area contributed by atoms with Gasteiger partial charge < -0.3 is 14.8 Å². The van der Waals surface area contributed by atoms with Crippen LogP contribution >= 0.6 is 0 Å². The van der Waals surface area contributed by atoms with E-state index in [4.69, 9.17) is 9.47 Å². The summed E-state index contributed by atoms with van der Waals surface area (Å²) in [5.74, 6) is -0.104. The lowest BCUT2D eigenvalue weighted by Gasteiger charge is -2.30. The van der Waals surface area contributed by atoms with Gasteiger partial charge in [-0.1, -0.05) is 6.92 Å². The number of hydrogen-bond donors (Lipinski definition) is 1. The van der Waals surface area contributed by atoms with Gasteiger partial charge >= 0.3 is 0 Å². The molecule has 0 radical (unpaired) electrons. The van der Waals surface area contributed by atoms with Gasteiger partial charge in [0, 0.05) is 11.8 Å². The molecule has 0 aliphatic carbocycles. The molecule has 0 unspecified atom stereocenters. The van der Waals surface area contributed by atoms with E-state index in [2.05, 4.69) is 5.32 Å². The lowest BCUT2D eigenvalue weighted by molar-refractivity contribution is -0.117. The summed E-state index contributed by atoms with van der Waals surface area (Å²) in [7, 11) is -0.831. The lowest BCUT2D eigenvalue weighted by atomic mass is 10.1. The van der Waals surface area contributed by atoms with E-state index in [1.807, 2.05) is 0 Å². The molecule has 2 aromatic carbocycles. The third-order valence-corrected chi connectivity index (χ3v) is 5.24. The Morgan fingerprint density at radius 2 is 1.71 bits per heavy atom. The molecule has 0 saturated heterocycles. The van der Waals surface area contributed by atoms with Crippen molar-refractivity contribution in [2.75, 3.05) is 30.1 Å². The number of rotatable bonds is 8. The van der Waals surface area contributed by atoms with Crippen molar-refractivity contribution in [3.05, 3.63) is 48.3 Å². The molecule has 2 rings (SSSR count). The summed E-state index contributed by atoms with van der Waals surface area (Å²) in [4.78, 5) is 12.9. The molecule has 9 heteroatoms. The van der Waals surface area contributed by atoms with Crippen LogP contribution in [0.1, 0.15) is 13.3 Å². The average molecular weight is 410 g/mol. The number of amides is 1. The molecule has 0 fully saturated rings. The van der Waals surface area contributed by atoms with Crippen molar-refractivity contribution < 1.29 is 27.1 Å². The molecule has 0 bridgehead atoms.